The first-order valence-electron chi connectivity index (χ1n) is 9.09. The lowest BCUT2D eigenvalue weighted by Gasteiger charge is -2.26. The van der Waals surface area contributed by atoms with Crippen LogP contribution in [0.5, 0.6) is 5.75 Å². The van der Waals surface area contributed by atoms with Gasteiger partial charge in [-0.3, -0.25) is 0 Å². The summed E-state index contributed by atoms with van der Waals surface area (Å²) in [7, 11) is 0. The Kier molecular flexibility index (Phi) is 6.83. The van der Waals surface area contributed by atoms with Gasteiger partial charge in [-0.2, -0.15) is 0 Å². The van der Waals surface area contributed by atoms with Crippen molar-refractivity contribution in [3.8, 4) is 5.75 Å². The number of nitrogens with zero attached hydrogens (tertiary/aromatic N) is 1. The summed E-state index contributed by atoms with van der Waals surface area (Å²) in [5.41, 5.74) is 3.61. The Morgan fingerprint density at radius 3 is 2.00 bits per heavy atom. The zero-order valence-corrected chi connectivity index (χ0v) is 16.0. The molecule has 3 rings (SSSR count). The molecule has 0 atom stereocenters. The third-order valence-corrected chi connectivity index (χ3v) is 4.80. The molecule has 0 aliphatic rings. The zero-order chi connectivity index (χ0) is 18.9. The lowest BCUT2D eigenvalue weighted by Crippen LogP contribution is -2.40. The quantitative estimate of drug-likeness (QED) is 0.595. The van der Waals surface area contributed by atoms with Gasteiger partial charge < -0.3 is 15.3 Å². The molecule has 3 aromatic rings. The molecule has 0 aliphatic carbocycles. The van der Waals surface area contributed by atoms with Crippen LogP contribution in [0.4, 0.5) is 0 Å². The number of hydrogen-bond donors (Lipinski definition) is 2. The van der Waals surface area contributed by atoms with Crippen LogP contribution in [0.15, 0.2) is 84.9 Å². The summed E-state index contributed by atoms with van der Waals surface area (Å²) in [5.74, 6) is 0.277. The smallest absolute Gasteiger partial charge is 0.169 e. The molecule has 4 heteroatoms. The fraction of sp³-hybridized carbons (Fsp3) is 0.174. The maximum Gasteiger partial charge on any atom is 0.169 e. The molecule has 0 aromatic heterocycles. The van der Waals surface area contributed by atoms with Gasteiger partial charge in [0.1, 0.15) is 5.75 Å². The second-order valence-electron chi connectivity index (χ2n) is 6.47. The standard InChI is InChI=1S/C23H24N2OS/c26-22-13-11-21(12-14-22)18-25(16-15-19-7-3-1-4-8-19)23(27)24-17-20-9-5-2-6-10-20/h1-14,26H,15-18H2,(H,24,27). The summed E-state index contributed by atoms with van der Waals surface area (Å²) in [6, 6.07) is 28.0. The molecule has 3 nitrogen and oxygen atoms in total. The first-order valence-corrected chi connectivity index (χ1v) is 9.50. The highest BCUT2D eigenvalue weighted by molar-refractivity contribution is 7.80. The minimum Gasteiger partial charge on any atom is -0.508 e. The predicted octanol–water partition coefficient (Wildman–Crippen LogP) is 4.51. The molecule has 3 aromatic carbocycles. The molecular weight excluding hydrogens is 352 g/mol. The Labute approximate surface area is 166 Å². The third-order valence-electron chi connectivity index (χ3n) is 4.40. The molecule has 0 saturated heterocycles. The van der Waals surface area contributed by atoms with Crippen LogP contribution in [-0.4, -0.2) is 21.7 Å². The Hall–Kier alpha value is -2.85. The highest BCUT2D eigenvalue weighted by atomic mass is 32.1. The van der Waals surface area contributed by atoms with Crippen LogP contribution >= 0.6 is 12.2 Å². The second kappa shape index (κ2) is 9.74. The van der Waals surface area contributed by atoms with Crippen LogP contribution in [0.25, 0.3) is 0 Å². The van der Waals surface area contributed by atoms with Gasteiger partial charge in [0.05, 0.1) is 0 Å². The fourth-order valence-corrected chi connectivity index (χ4v) is 3.10. The SMILES string of the molecule is Oc1ccc(CN(CCc2ccccc2)C(=S)NCc2ccccc2)cc1. The van der Waals surface area contributed by atoms with Crippen molar-refractivity contribution in [2.75, 3.05) is 6.54 Å². The number of rotatable bonds is 7. The van der Waals surface area contributed by atoms with Crippen molar-refractivity contribution in [1.29, 1.82) is 0 Å². The highest BCUT2D eigenvalue weighted by Crippen LogP contribution is 2.13. The molecule has 0 bridgehead atoms. The molecule has 27 heavy (non-hydrogen) atoms. The van der Waals surface area contributed by atoms with Crippen LogP contribution in [0.1, 0.15) is 16.7 Å². The van der Waals surface area contributed by atoms with Gasteiger partial charge in [0.2, 0.25) is 0 Å². The summed E-state index contributed by atoms with van der Waals surface area (Å²) in [4.78, 5) is 2.18. The van der Waals surface area contributed by atoms with E-state index in [9.17, 15) is 5.11 Å². The van der Waals surface area contributed by atoms with E-state index >= 15 is 0 Å². The molecule has 2 N–H and O–H groups in total. The molecule has 0 amide bonds. The lowest BCUT2D eigenvalue weighted by molar-refractivity contribution is 0.408. The summed E-state index contributed by atoms with van der Waals surface area (Å²) in [6.07, 6.45) is 0.923. The monoisotopic (exact) mass is 376 g/mol. The van der Waals surface area contributed by atoms with Crippen molar-refractivity contribution in [3.63, 3.8) is 0 Å². The number of hydrogen-bond acceptors (Lipinski definition) is 2. The Morgan fingerprint density at radius 1 is 0.778 bits per heavy atom. The summed E-state index contributed by atoms with van der Waals surface area (Å²) in [5, 5.41) is 13.6. The summed E-state index contributed by atoms with van der Waals surface area (Å²) in [6.45, 7) is 2.23. The van der Waals surface area contributed by atoms with Gasteiger partial charge in [0.15, 0.2) is 5.11 Å². The van der Waals surface area contributed by atoms with Crippen LogP contribution in [0.2, 0.25) is 0 Å². The summed E-state index contributed by atoms with van der Waals surface area (Å²) >= 11 is 5.68. The van der Waals surface area contributed by atoms with Gasteiger partial charge in [-0.25, -0.2) is 0 Å². The number of thiocarbonyl (C=S) groups is 1. The van der Waals surface area contributed by atoms with Crippen LogP contribution in [0, 0.1) is 0 Å². The Morgan fingerprint density at radius 2 is 1.37 bits per heavy atom. The number of aromatic hydroxyl groups is 1. The maximum atomic E-state index is 9.51. The van der Waals surface area contributed by atoms with Crippen molar-refractivity contribution in [2.45, 2.75) is 19.5 Å². The van der Waals surface area contributed by atoms with Crippen LogP contribution < -0.4 is 5.32 Å². The Balaban J connectivity index is 1.65. The van der Waals surface area contributed by atoms with Gasteiger partial charge in [0, 0.05) is 19.6 Å². The topological polar surface area (TPSA) is 35.5 Å². The average Bonchev–Trinajstić information content (AvgIpc) is 2.72. The number of phenolic OH excluding ortho intramolecular Hbond substituents is 1. The van der Waals surface area contributed by atoms with Crippen molar-refractivity contribution in [1.82, 2.24) is 10.2 Å². The summed E-state index contributed by atoms with van der Waals surface area (Å²) < 4.78 is 0. The van der Waals surface area contributed by atoms with E-state index < -0.39 is 0 Å². The van der Waals surface area contributed by atoms with Gasteiger partial charge in [-0.1, -0.05) is 72.8 Å². The number of benzene rings is 3. The molecule has 0 saturated carbocycles. The molecular formula is C23H24N2OS. The third kappa shape index (κ3) is 6.12. The molecule has 0 unspecified atom stereocenters. The van der Waals surface area contributed by atoms with Gasteiger partial charge in [-0.15, -0.1) is 0 Å². The van der Waals surface area contributed by atoms with E-state index in [4.69, 9.17) is 12.2 Å². The molecule has 0 spiro atoms. The zero-order valence-electron chi connectivity index (χ0n) is 15.2. The van der Waals surface area contributed by atoms with Crippen LogP contribution in [-0.2, 0) is 19.5 Å². The van der Waals surface area contributed by atoms with Crippen molar-refractivity contribution in [2.24, 2.45) is 0 Å². The van der Waals surface area contributed by atoms with E-state index in [1.54, 1.807) is 12.1 Å². The van der Waals surface area contributed by atoms with E-state index in [-0.39, 0.29) is 5.75 Å². The molecule has 0 heterocycles. The van der Waals surface area contributed by atoms with Gasteiger partial charge in [-0.05, 0) is 47.5 Å². The van der Waals surface area contributed by atoms with Gasteiger partial charge in [0.25, 0.3) is 0 Å². The first-order chi connectivity index (χ1) is 13.2. The van der Waals surface area contributed by atoms with Crippen molar-refractivity contribution in [3.05, 3.63) is 102 Å². The fourth-order valence-electron chi connectivity index (χ4n) is 2.87. The first kappa shape index (κ1) is 18.9. The van der Waals surface area contributed by atoms with Crippen molar-refractivity contribution < 1.29 is 5.11 Å². The Bertz CT molecular complexity index is 835. The molecule has 0 radical (unpaired) electrons. The van der Waals surface area contributed by atoms with Gasteiger partial charge >= 0.3 is 0 Å². The predicted molar refractivity (Wildman–Crippen MR) is 115 cm³/mol. The van der Waals surface area contributed by atoms with Crippen LogP contribution in [0.3, 0.4) is 0 Å². The largest absolute Gasteiger partial charge is 0.508 e. The van der Waals surface area contributed by atoms with E-state index in [1.165, 1.54) is 11.1 Å². The lowest BCUT2D eigenvalue weighted by atomic mass is 10.1. The average molecular weight is 377 g/mol. The molecule has 0 aliphatic heterocycles. The minimum absolute atomic E-state index is 0.277. The van der Waals surface area contributed by atoms with E-state index in [1.807, 2.05) is 36.4 Å². The van der Waals surface area contributed by atoms with Crippen molar-refractivity contribution >= 4 is 17.3 Å². The maximum absolute atomic E-state index is 9.51. The minimum atomic E-state index is 0.277. The molecule has 138 valence electrons. The van der Waals surface area contributed by atoms with E-state index in [0.717, 1.165) is 23.6 Å². The highest BCUT2D eigenvalue weighted by Gasteiger charge is 2.11. The van der Waals surface area contributed by atoms with E-state index in [0.29, 0.717) is 13.1 Å². The number of phenols is 1. The van der Waals surface area contributed by atoms with E-state index in [2.05, 4.69) is 46.6 Å². The normalized spacial score (nSPS) is 10.4. The number of nitrogens with one attached hydrogen (secondary N) is 1. The second-order valence-corrected chi connectivity index (χ2v) is 6.85. The molecule has 0 fully saturated rings.